The van der Waals surface area contributed by atoms with Gasteiger partial charge in [0.15, 0.2) is 6.29 Å². The highest BCUT2D eigenvalue weighted by molar-refractivity contribution is 9.11. The van der Waals surface area contributed by atoms with E-state index in [4.69, 9.17) is 23.7 Å². The number of fused-ring (bicyclic) bond motifs is 1. The van der Waals surface area contributed by atoms with Crippen molar-refractivity contribution >= 4 is 28.2 Å². The van der Waals surface area contributed by atoms with Gasteiger partial charge < -0.3 is 33.2 Å². The lowest BCUT2D eigenvalue weighted by Gasteiger charge is -2.44. The molecule has 3 aliphatic rings. The molecular weight excluding hydrogens is 484 g/mol. The second-order valence-corrected chi connectivity index (χ2v) is 9.45. The van der Waals surface area contributed by atoms with E-state index in [1.54, 1.807) is 27.4 Å². The third kappa shape index (κ3) is 5.18. The monoisotopic (exact) mass is 516 g/mol. The van der Waals surface area contributed by atoms with Crippen molar-refractivity contribution in [2.45, 2.75) is 56.6 Å². The molecule has 1 saturated heterocycles. The summed E-state index contributed by atoms with van der Waals surface area (Å²) in [6.45, 7) is 1.93. The molecule has 0 aromatic heterocycles. The zero-order chi connectivity index (χ0) is 23.4. The van der Waals surface area contributed by atoms with Crippen molar-refractivity contribution in [3.8, 4) is 0 Å². The molecule has 0 radical (unpaired) electrons. The van der Waals surface area contributed by atoms with Gasteiger partial charge in [0, 0.05) is 39.2 Å². The van der Waals surface area contributed by atoms with E-state index in [1.165, 1.54) is 13.2 Å². The highest BCUT2D eigenvalue weighted by Crippen LogP contribution is 2.50. The van der Waals surface area contributed by atoms with Crippen LogP contribution < -0.4 is 0 Å². The van der Waals surface area contributed by atoms with Crippen LogP contribution in [0.5, 0.6) is 0 Å². The van der Waals surface area contributed by atoms with Crippen molar-refractivity contribution in [1.29, 1.82) is 0 Å². The second-order valence-electron chi connectivity index (χ2n) is 8.53. The SMILES string of the molecule is COC(=O)/C=C/[C@@H]1C=C(Br)[C@@H]2C[C@@H](O[C@@H]3O[C@@H](C)[C@H](OC)[C@@H](OC)[C@H]3OC)C[C@H]2[C@@H]1C=O. The molecule has 0 spiro atoms. The van der Waals surface area contributed by atoms with Gasteiger partial charge in [0.05, 0.1) is 19.3 Å². The van der Waals surface area contributed by atoms with Crippen LogP contribution in [0.1, 0.15) is 19.8 Å². The summed E-state index contributed by atoms with van der Waals surface area (Å²) in [6, 6.07) is 0. The summed E-state index contributed by atoms with van der Waals surface area (Å²) in [5, 5.41) is 0. The van der Waals surface area contributed by atoms with Crippen LogP contribution in [0, 0.1) is 23.7 Å². The third-order valence-corrected chi connectivity index (χ3v) is 7.75. The lowest BCUT2D eigenvalue weighted by Crippen LogP contribution is -2.59. The maximum Gasteiger partial charge on any atom is 0.330 e. The molecule has 0 unspecified atom stereocenters. The first-order valence-electron chi connectivity index (χ1n) is 10.9. The predicted molar refractivity (Wildman–Crippen MR) is 119 cm³/mol. The van der Waals surface area contributed by atoms with Crippen molar-refractivity contribution < 1.29 is 38.0 Å². The molecule has 180 valence electrons. The Labute approximate surface area is 197 Å². The first-order chi connectivity index (χ1) is 15.4. The Morgan fingerprint density at radius 2 is 1.78 bits per heavy atom. The number of rotatable bonds is 8. The molecule has 1 saturated carbocycles. The summed E-state index contributed by atoms with van der Waals surface area (Å²) in [5.41, 5.74) is 0. The highest BCUT2D eigenvalue weighted by Gasteiger charge is 2.50. The van der Waals surface area contributed by atoms with Gasteiger partial charge in [-0.1, -0.05) is 28.1 Å². The van der Waals surface area contributed by atoms with Crippen LogP contribution in [0.3, 0.4) is 0 Å². The minimum absolute atomic E-state index is 0.0936. The maximum atomic E-state index is 12.0. The lowest BCUT2D eigenvalue weighted by atomic mass is 9.72. The van der Waals surface area contributed by atoms with Crippen LogP contribution in [0.4, 0.5) is 0 Å². The van der Waals surface area contributed by atoms with Crippen LogP contribution in [-0.2, 0) is 38.0 Å². The van der Waals surface area contributed by atoms with E-state index in [0.29, 0.717) is 6.42 Å². The van der Waals surface area contributed by atoms with E-state index >= 15 is 0 Å². The number of esters is 1. The smallest absolute Gasteiger partial charge is 0.330 e. The molecule has 9 heteroatoms. The van der Waals surface area contributed by atoms with Crippen molar-refractivity contribution in [2.24, 2.45) is 23.7 Å². The number of hydrogen-bond donors (Lipinski definition) is 0. The minimum atomic E-state index is -0.607. The van der Waals surface area contributed by atoms with Gasteiger partial charge >= 0.3 is 5.97 Å². The van der Waals surface area contributed by atoms with E-state index in [2.05, 4.69) is 20.7 Å². The van der Waals surface area contributed by atoms with Crippen molar-refractivity contribution in [3.63, 3.8) is 0 Å². The largest absolute Gasteiger partial charge is 0.466 e. The molecule has 8 nitrogen and oxygen atoms in total. The number of carbonyl (C=O) groups excluding carboxylic acids is 2. The average molecular weight is 517 g/mol. The summed E-state index contributed by atoms with van der Waals surface area (Å²) in [6.07, 6.45) is 5.58. The van der Waals surface area contributed by atoms with Gasteiger partial charge in [0.1, 0.15) is 24.6 Å². The molecule has 3 rings (SSSR count). The number of methoxy groups -OCH3 is 4. The first-order valence-corrected chi connectivity index (χ1v) is 11.7. The number of halogens is 1. The average Bonchev–Trinajstić information content (AvgIpc) is 3.21. The zero-order valence-electron chi connectivity index (χ0n) is 19.1. The predicted octanol–water partition coefficient (Wildman–Crippen LogP) is 2.64. The Kier molecular flexibility index (Phi) is 9.05. The van der Waals surface area contributed by atoms with Gasteiger partial charge in [-0.25, -0.2) is 4.79 Å². The molecule has 0 N–H and O–H groups in total. The maximum absolute atomic E-state index is 12.0. The summed E-state index contributed by atoms with van der Waals surface area (Å²) < 4.78 is 35.1. The molecule has 2 fully saturated rings. The van der Waals surface area contributed by atoms with E-state index < -0.39 is 18.4 Å². The van der Waals surface area contributed by atoms with Gasteiger partial charge in [-0.3, -0.25) is 0 Å². The number of hydrogen-bond acceptors (Lipinski definition) is 8. The first kappa shape index (κ1) is 25.5. The van der Waals surface area contributed by atoms with Crippen molar-refractivity contribution in [2.75, 3.05) is 28.4 Å². The second kappa shape index (κ2) is 11.4. The number of carbonyl (C=O) groups is 2. The highest BCUT2D eigenvalue weighted by atomic mass is 79.9. The molecule has 0 amide bonds. The Hall–Kier alpha value is -1.10. The summed E-state index contributed by atoms with van der Waals surface area (Å²) in [7, 11) is 6.19. The number of allylic oxidation sites excluding steroid dienone is 3. The van der Waals surface area contributed by atoms with Gasteiger partial charge in [-0.15, -0.1) is 0 Å². The fourth-order valence-electron chi connectivity index (χ4n) is 5.33. The van der Waals surface area contributed by atoms with Gasteiger partial charge in [0.2, 0.25) is 0 Å². The molecule has 10 atom stereocenters. The van der Waals surface area contributed by atoms with E-state index in [0.717, 1.165) is 17.2 Å². The van der Waals surface area contributed by atoms with Gasteiger partial charge in [-0.2, -0.15) is 0 Å². The Balaban J connectivity index is 1.73. The number of aldehydes is 1. The Morgan fingerprint density at radius 3 is 2.38 bits per heavy atom. The van der Waals surface area contributed by atoms with Crippen LogP contribution in [0.25, 0.3) is 0 Å². The van der Waals surface area contributed by atoms with E-state index in [1.807, 2.05) is 13.0 Å². The van der Waals surface area contributed by atoms with Crippen molar-refractivity contribution in [3.05, 3.63) is 22.7 Å². The topological polar surface area (TPSA) is 89.5 Å². The Morgan fingerprint density at radius 1 is 1.09 bits per heavy atom. The van der Waals surface area contributed by atoms with E-state index in [-0.39, 0.29) is 48.1 Å². The lowest BCUT2D eigenvalue weighted by molar-refractivity contribution is -0.314. The summed E-state index contributed by atoms with van der Waals surface area (Å²) >= 11 is 3.69. The standard InChI is InChI=1S/C23H33BrO8/c1-12-20(28-3)21(29-4)22(30-5)23(31-12)32-14-9-15-16(10-14)18(24)8-13(17(15)11-25)6-7-19(26)27-2/h6-8,11-17,20-23H,9-10H2,1-5H3/b7-6+/t12-,13+,14-,15+,16+,17+,20-,21+,22+,23-/m0/s1. The zero-order valence-corrected chi connectivity index (χ0v) is 20.7. The van der Waals surface area contributed by atoms with Crippen LogP contribution in [-0.4, -0.2) is 77.5 Å². The molecule has 0 aromatic carbocycles. The summed E-state index contributed by atoms with van der Waals surface area (Å²) in [4.78, 5) is 23.5. The minimum Gasteiger partial charge on any atom is -0.466 e. The number of ether oxygens (including phenoxy) is 6. The molecule has 2 aliphatic carbocycles. The van der Waals surface area contributed by atoms with Gasteiger partial charge in [-0.05, 0) is 36.1 Å². The van der Waals surface area contributed by atoms with Crippen molar-refractivity contribution in [1.82, 2.24) is 0 Å². The third-order valence-electron chi connectivity index (χ3n) is 6.90. The molecule has 0 bridgehead atoms. The van der Waals surface area contributed by atoms with E-state index in [9.17, 15) is 9.59 Å². The molecule has 32 heavy (non-hydrogen) atoms. The summed E-state index contributed by atoms with van der Waals surface area (Å²) in [5.74, 6) is -0.602. The van der Waals surface area contributed by atoms with Crippen LogP contribution in [0.2, 0.25) is 0 Å². The molecular formula is C23H33BrO8. The molecule has 1 aliphatic heterocycles. The van der Waals surface area contributed by atoms with Gasteiger partial charge in [0.25, 0.3) is 0 Å². The normalized spacial score (nSPS) is 41.9. The fraction of sp³-hybridized carbons (Fsp3) is 0.739. The van der Waals surface area contributed by atoms with Crippen LogP contribution >= 0.6 is 15.9 Å². The molecule has 0 aromatic rings. The fourth-order valence-corrected chi connectivity index (χ4v) is 6.16. The Bertz CT molecular complexity index is 725. The quantitative estimate of drug-likeness (QED) is 0.276. The molecule has 1 heterocycles. The van der Waals surface area contributed by atoms with Crippen LogP contribution in [0.15, 0.2) is 22.7 Å².